The van der Waals surface area contributed by atoms with Crippen molar-refractivity contribution in [2.45, 2.75) is 52.6 Å². The Balaban J connectivity index is 1.62. The molecule has 0 saturated carbocycles. The summed E-state index contributed by atoms with van der Waals surface area (Å²) in [6.07, 6.45) is 4.90. The molecule has 4 aromatic heterocycles. The fourth-order valence-corrected chi connectivity index (χ4v) is 7.51. The molecule has 5 aromatic rings. The van der Waals surface area contributed by atoms with Crippen LogP contribution in [-0.4, -0.2) is 79.3 Å². The summed E-state index contributed by atoms with van der Waals surface area (Å²) in [5.74, 6) is 0.428. The number of carbonyl (C=O) groups excluding carboxylic acids is 1. The van der Waals surface area contributed by atoms with E-state index in [9.17, 15) is 9.59 Å². The molecule has 0 bridgehead atoms. The summed E-state index contributed by atoms with van der Waals surface area (Å²) in [6.45, 7) is 15.3. The van der Waals surface area contributed by atoms with E-state index in [0.717, 1.165) is 39.0 Å². The molecule has 1 N–H and O–H groups in total. The van der Waals surface area contributed by atoms with Crippen molar-refractivity contribution in [3.63, 3.8) is 0 Å². The maximum absolute atomic E-state index is 14.4. The zero-order valence-corrected chi connectivity index (χ0v) is 27.6. The number of rotatable bonds is 4. The first-order valence-electron chi connectivity index (χ1n) is 15.5. The molecule has 7 rings (SSSR count). The fraction of sp³-hybridized carbons (Fsp3) is 0.353. The monoisotopic (exact) mass is 637 g/mol. The van der Waals surface area contributed by atoms with Crippen LogP contribution in [0.2, 0.25) is 5.02 Å². The van der Waals surface area contributed by atoms with Gasteiger partial charge in [0.1, 0.15) is 5.82 Å². The van der Waals surface area contributed by atoms with Crippen molar-refractivity contribution in [2.24, 2.45) is 0 Å². The maximum Gasteiger partial charge on any atom is 0.355 e. The minimum Gasteiger partial charge on any atom is -0.370 e. The van der Waals surface area contributed by atoms with Crippen LogP contribution < -0.4 is 15.5 Å². The lowest BCUT2D eigenvalue weighted by Crippen LogP contribution is -2.61. The molecule has 1 amide bonds. The number of aryl methyl sites for hydroxylation is 2. The summed E-state index contributed by atoms with van der Waals surface area (Å²) in [6, 6.07) is 5.61. The fourth-order valence-electron chi connectivity index (χ4n) is 7.14. The highest BCUT2D eigenvalue weighted by atomic mass is 35.5. The predicted molar refractivity (Wildman–Crippen MR) is 182 cm³/mol. The number of carbonyl (C=O) groups is 1. The van der Waals surface area contributed by atoms with E-state index in [0.29, 0.717) is 52.9 Å². The van der Waals surface area contributed by atoms with E-state index in [2.05, 4.69) is 40.4 Å². The van der Waals surface area contributed by atoms with Gasteiger partial charge in [-0.1, -0.05) is 38.1 Å². The van der Waals surface area contributed by atoms with E-state index in [1.807, 2.05) is 50.9 Å². The van der Waals surface area contributed by atoms with Crippen molar-refractivity contribution in [2.75, 3.05) is 36.5 Å². The van der Waals surface area contributed by atoms with Crippen LogP contribution in [0.1, 0.15) is 43.5 Å². The highest BCUT2D eigenvalue weighted by Crippen LogP contribution is 2.47. The van der Waals surface area contributed by atoms with Gasteiger partial charge in [-0.05, 0) is 56.0 Å². The Morgan fingerprint density at radius 2 is 1.89 bits per heavy atom. The largest absolute Gasteiger partial charge is 0.370 e. The van der Waals surface area contributed by atoms with Crippen LogP contribution in [0.3, 0.4) is 0 Å². The number of nitrogens with one attached hydrogen (secondary N) is 1. The number of halogens is 1. The average molecular weight is 638 g/mol. The molecule has 1 aromatic carbocycles. The first-order chi connectivity index (χ1) is 22.0. The van der Waals surface area contributed by atoms with Gasteiger partial charge in [-0.15, -0.1) is 0 Å². The topological polar surface area (TPSA) is 116 Å². The van der Waals surface area contributed by atoms with Crippen molar-refractivity contribution in [1.82, 2.24) is 34.6 Å². The number of pyridine rings is 2. The van der Waals surface area contributed by atoms with Crippen molar-refractivity contribution < 1.29 is 4.79 Å². The normalized spacial score (nSPS) is 18.0. The Morgan fingerprint density at radius 1 is 1.11 bits per heavy atom. The van der Waals surface area contributed by atoms with Gasteiger partial charge in [-0.25, -0.2) is 14.3 Å². The molecule has 2 aliphatic heterocycles. The zero-order chi connectivity index (χ0) is 32.6. The lowest BCUT2D eigenvalue weighted by atomic mass is 9.99. The van der Waals surface area contributed by atoms with E-state index in [1.165, 1.54) is 6.08 Å². The summed E-state index contributed by atoms with van der Waals surface area (Å²) in [5, 5.41) is 9.38. The minimum absolute atomic E-state index is 0.0313. The van der Waals surface area contributed by atoms with Crippen LogP contribution in [0.5, 0.6) is 0 Å². The number of hydrogen-bond donors (Lipinski definition) is 1. The third-order valence-corrected chi connectivity index (χ3v) is 9.71. The summed E-state index contributed by atoms with van der Waals surface area (Å²) < 4.78 is 1.61. The van der Waals surface area contributed by atoms with Crippen molar-refractivity contribution in [3.05, 3.63) is 75.6 Å². The van der Waals surface area contributed by atoms with Crippen LogP contribution in [0.15, 0.2) is 48.0 Å². The van der Waals surface area contributed by atoms with Crippen molar-refractivity contribution in [1.29, 1.82) is 0 Å². The summed E-state index contributed by atoms with van der Waals surface area (Å²) in [4.78, 5) is 48.2. The van der Waals surface area contributed by atoms with E-state index >= 15 is 0 Å². The third kappa shape index (κ3) is 4.39. The van der Waals surface area contributed by atoms with Gasteiger partial charge >= 0.3 is 5.69 Å². The van der Waals surface area contributed by atoms with Crippen molar-refractivity contribution in [3.8, 4) is 16.9 Å². The van der Waals surface area contributed by atoms with Crippen LogP contribution in [0.25, 0.3) is 38.9 Å². The first-order valence-corrected chi connectivity index (χ1v) is 15.9. The first kappa shape index (κ1) is 29.9. The summed E-state index contributed by atoms with van der Waals surface area (Å²) >= 11 is 7.46. The van der Waals surface area contributed by atoms with Gasteiger partial charge in [0, 0.05) is 49.9 Å². The van der Waals surface area contributed by atoms with E-state index < -0.39 is 5.69 Å². The van der Waals surface area contributed by atoms with Gasteiger partial charge in [-0.2, -0.15) is 10.1 Å². The molecule has 6 heterocycles. The van der Waals surface area contributed by atoms with Crippen LogP contribution in [0, 0.1) is 13.8 Å². The molecule has 11 nitrogen and oxygen atoms in total. The molecule has 2 aliphatic rings. The van der Waals surface area contributed by atoms with Gasteiger partial charge < -0.3 is 14.7 Å². The van der Waals surface area contributed by atoms with Crippen LogP contribution in [-0.2, 0) is 4.79 Å². The highest BCUT2D eigenvalue weighted by Gasteiger charge is 2.40. The maximum atomic E-state index is 14.4. The van der Waals surface area contributed by atoms with Gasteiger partial charge in [0.25, 0.3) is 0 Å². The number of anilines is 2. The number of piperazine rings is 1. The molecule has 0 aliphatic carbocycles. The number of H-pyrrole nitrogens is 1. The van der Waals surface area contributed by atoms with Crippen molar-refractivity contribution >= 4 is 50.9 Å². The molecule has 1 saturated heterocycles. The number of aromatic amines is 1. The number of nitrogens with zero attached hydrogens (tertiary/aromatic N) is 8. The van der Waals surface area contributed by atoms with Crippen LogP contribution in [0.4, 0.5) is 11.5 Å². The standard InChI is InChI=1S/C34H36ClN9O2/c1-8-24(45)42-16-21-15-41(7)31-26-32(43(21)14-20(42)6)39-34(46)44(30-19(5)11-12-36-28(30)17(2)3)33(26)38-29(27(31)35)25-18(4)9-10-23-22(25)13-37-40-23/h8-13,17,20-21H,1,14-16H2,2-7H3,(H,37,40). The Morgan fingerprint density at radius 3 is 2.63 bits per heavy atom. The summed E-state index contributed by atoms with van der Waals surface area (Å²) in [5.41, 5.74) is 6.28. The second-order valence-electron chi connectivity index (χ2n) is 12.7. The van der Waals surface area contributed by atoms with E-state index in [-0.39, 0.29) is 23.9 Å². The second kappa shape index (κ2) is 10.9. The molecule has 1 fully saturated rings. The van der Waals surface area contributed by atoms with E-state index in [4.69, 9.17) is 26.6 Å². The zero-order valence-electron chi connectivity index (χ0n) is 26.8. The molecular weight excluding hydrogens is 602 g/mol. The lowest BCUT2D eigenvalue weighted by molar-refractivity contribution is -0.128. The smallest absolute Gasteiger partial charge is 0.355 e. The predicted octanol–water partition coefficient (Wildman–Crippen LogP) is 5.15. The highest BCUT2D eigenvalue weighted by molar-refractivity contribution is 6.38. The quantitative estimate of drug-likeness (QED) is 0.269. The molecule has 2 atom stereocenters. The third-order valence-electron chi connectivity index (χ3n) is 9.35. The Bertz CT molecular complexity index is 2140. The van der Waals surface area contributed by atoms with Gasteiger partial charge in [-0.3, -0.25) is 14.9 Å². The number of aromatic nitrogens is 6. The number of benzene rings is 1. The average Bonchev–Trinajstić information content (AvgIpc) is 3.46. The second-order valence-corrected chi connectivity index (χ2v) is 13.1. The van der Waals surface area contributed by atoms with Gasteiger partial charge in [0.15, 0.2) is 5.65 Å². The Kier molecular flexibility index (Phi) is 7.11. The number of fused-ring (bicyclic) bond motifs is 3. The molecule has 236 valence electrons. The van der Waals surface area contributed by atoms with Gasteiger partial charge in [0.2, 0.25) is 5.91 Å². The van der Waals surface area contributed by atoms with Crippen LogP contribution >= 0.6 is 11.6 Å². The minimum atomic E-state index is -0.453. The SMILES string of the molecule is C=CC(=O)N1CC2CN(C)c3c(Cl)c(-c4c(C)ccc5[nH]ncc45)nc4c3c(nc(=O)n4-c3c(C)ccnc3C(C)C)N2CC1C. The van der Waals surface area contributed by atoms with E-state index in [1.54, 1.807) is 17.0 Å². The summed E-state index contributed by atoms with van der Waals surface area (Å²) in [7, 11) is 1.99. The molecule has 0 spiro atoms. The number of amides is 1. The van der Waals surface area contributed by atoms with Gasteiger partial charge in [0.05, 0.1) is 50.9 Å². The molecule has 12 heteroatoms. The molecule has 46 heavy (non-hydrogen) atoms. The molecule has 0 radical (unpaired) electrons. The number of hydrogen-bond acceptors (Lipinski definition) is 8. The molecular formula is C34H36ClN9O2. The Hall–Kier alpha value is -4.77. The lowest BCUT2D eigenvalue weighted by Gasteiger charge is -2.45. The molecule has 2 unspecified atom stereocenters. The number of likely N-dealkylation sites (N-methyl/N-ethyl adjacent to an activating group) is 1. The Labute approximate surface area is 271 Å².